The average Bonchev–Trinajstić information content (AvgIpc) is 2.61. The van der Waals surface area contributed by atoms with E-state index in [1.54, 1.807) is 6.92 Å². The first kappa shape index (κ1) is 25.6. The second-order valence-corrected chi connectivity index (χ2v) is 9.89. The number of hydrogen-bond acceptors (Lipinski definition) is 4. The van der Waals surface area contributed by atoms with E-state index in [0.29, 0.717) is 25.0 Å². The molecule has 5 nitrogen and oxygen atoms in total. The largest absolute Gasteiger partial charge is 0.481 e. The maximum Gasteiger partial charge on any atom is 0.334 e. The fourth-order valence-corrected chi connectivity index (χ4v) is 4.67. The summed E-state index contributed by atoms with van der Waals surface area (Å²) in [7, 11) is -3.44. The van der Waals surface area contributed by atoms with Crippen LogP contribution in [-0.4, -0.2) is 29.9 Å². The number of carbonyl (C=O) groups is 1. The Morgan fingerprint density at radius 2 is 1.35 bits per heavy atom. The molecule has 0 fully saturated rings. The number of carboxylic acid groups (broad SMARTS) is 1. The molecule has 0 amide bonds. The first-order valence-corrected chi connectivity index (χ1v) is 12.0. The molecule has 0 rings (SSSR count). The van der Waals surface area contributed by atoms with Gasteiger partial charge in [-0.05, 0) is 24.7 Å². The van der Waals surface area contributed by atoms with Gasteiger partial charge in [-0.15, -0.1) is 0 Å². The summed E-state index contributed by atoms with van der Waals surface area (Å²) in [5.74, 6) is -0.294. The van der Waals surface area contributed by atoms with Crippen LogP contribution < -0.4 is 0 Å². The lowest BCUT2D eigenvalue weighted by Gasteiger charge is -2.27. The van der Waals surface area contributed by atoms with E-state index in [1.807, 2.05) is 0 Å². The molecule has 0 aromatic heterocycles. The molecular formula is C20H41O5P. The van der Waals surface area contributed by atoms with E-state index >= 15 is 0 Å². The molecule has 0 aliphatic heterocycles. The Hall–Kier alpha value is -0.380. The Labute approximate surface area is 160 Å². The average molecular weight is 393 g/mol. The molecule has 0 saturated heterocycles. The molecule has 1 N–H and O–H groups in total. The Morgan fingerprint density at radius 1 is 0.923 bits per heavy atom. The molecule has 156 valence electrons. The van der Waals surface area contributed by atoms with Gasteiger partial charge in [0.1, 0.15) is 0 Å². The third kappa shape index (κ3) is 10.7. The minimum Gasteiger partial charge on any atom is -0.481 e. The molecule has 0 heterocycles. The van der Waals surface area contributed by atoms with Gasteiger partial charge in [-0.3, -0.25) is 9.36 Å². The highest BCUT2D eigenvalue weighted by Gasteiger charge is 2.35. The van der Waals surface area contributed by atoms with E-state index < -0.39 is 19.2 Å². The molecule has 0 aliphatic rings. The number of rotatable bonds is 17. The van der Waals surface area contributed by atoms with Crippen molar-refractivity contribution in [2.45, 2.75) is 98.1 Å². The highest BCUT2D eigenvalue weighted by Crippen LogP contribution is 2.55. The fourth-order valence-electron chi connectivity index (χ4n) is 2.87. The zero-order valence-electron chi connectivity index (χ0n) is 17.5. The Kier molecular flexibility index (Phi) is 14.4. The van der Waals surface area contributed by atoms with Crippen molar-refractivity contribution in [2.75, 3.05) is 13.2 Å². The van der Waals surface area contributed by atoms with Crippen LogP contribution >= 0.6 is 7.60 Å². The van der Waals surface area contributed by atoms with Gasteiger partial charge in [-0.2, -0.15) is 0 Å². The summed E-state index contributed by atoms with van der Waals surface area (Å²) in [6, 6.07) is 0. The van der Waals surface area contributed by atoms with Crippen molar-refractivity contribution in [3.8, 4) is 0 Å². The molecule has 26 heavy (non-hydrogen) atoms. The van der Waals surface area contributed by atoms with E-state index in [2.05, 4.69) is 27.7 Å². The SMILES string of the molecule is CCCCC(CC)COP(=O)(OCC(CC)CCCC)C(C)CC(=O)O. The van der Waals surface area contributed by atoms with E-state index in [1.165, 1.54) is 0 Å². The molecule has 0 saturated carbocycles. The van der Waals surface area contributed by atoms with E-state index in [4.69, 9.17) is 14.2 Å². The summed E-state index contributed by atoms with van der Waals surface area (Å²) in [6.07, 6.45) is 8.27. The Morgan fingerprint density at radius 3 is 1.65 bits per heavy atom. The molecule has 3 atom stereocenters. The Balaban J connectivity index is 4.93. The van der Waals surface area contributed by atoms with Gasteiger partial charge in [0.25, 0.3) is 0 Å². The van der Waals surface area contributed by atoms with Crippen LogP contribution in [-0.2, 0) is 18.4 Å². The minimum absolute atomic E-state index is 0.200. The monoisotopic (exact) mass is 392 g/mol. The number of carboxylic acids is 1. The second-order valence-electron chi connectivity index (χ2n) is 7.41. The van der Waals surface area contributed by atoms with Crippen LogP contribution in [0, 0.1) is 11.8 Å². The zero-order chi connectivity index (χ0) is 20.0. The summed E-state index contributed by atoms with van der Waals surface area (Å²) < 4.78 is 25.0. The first-order chi connectivity index (χ1) is 12.3. The van der Waals surface area contributed by atoms with Crippen LogP contribution in [0.1, 0.15) is 92.4 Å². The molecule has 6 heteroatoms. The molecule has 0 radical (unpaired) electrons. The highest BCUT2D eigenvalue weighted by atomic mass is 31.2. The quantitative estimate of drug-likeness (QED) is 0.286. The summed E-state index contributed by atoms with van der Waals surface area (Å²) in [5, 5.41) is 9.09. The van der Waals surface area contributed by atoms with Crippen molar-refractivity contribution >= 4 is 13.6 Å². The summed E-state index contributed by atoms with van der Waals surface area (Å²) >= 11 is 0. The van der Waals surface area contributed by atoms with Gasteiger partial charge in [0.2, 0.25) is 0 Å². The summed E-state index contributed by atoms with van der Waals surface area (Å²) in [6.45, 7) is 10.9. The molecular weight excluding hydrogens is 351 g/mol. The number of unbranched alkanes of at least 4 members (excludes halogenated alkanes) is 2. The van der Waals surface area contributed by atoms with Crippen LogP contribution in [0.5, 0.6) is 0 Å². The third-order valence-electron chi connectivity index (χ3n) is 5.08. The van der Waals surface area contributed by atoms with Crippen molar-refractivity contribution in [1.82, 2.24) is 0 Å². The predicted octanol–water partition coefficient (Wildman–Crippen LogP) is 6.51. The highest BCUT2D eigenvalue weighted by molar-refractivity contribution is 7.54. The van der Waals surface area contributed by atoms with E-state index in [-0.39, 0.29) is 6.42 Å². The van der Waals surface area contributed by atoms with Gasteiger partial charge in [0.15, 0.2) is 0 Å². The standard InChI is InChI=1S/C20H41O5P/c1-6-10-12-18(8-3)15-24-26(23,17(5)14-20(21)22)25-16-19(9-4)13-11-7-2/h17-19H,6-16H2,1-5H3,(H,21,22). The smallest absolute Gasteiger partial charge is 0.334 e. The molecule has 0 aromatic carbocycles. The second kappa shape index (κ2) is 14.6. The topological polar surface area (TPSA) is 72.8 Å². The van der Waals surface area contributed by atoms with Gasteiger partial charge in [-0.1, -0.05) is 73.1 Å². The van der Waals surface area contributed by atoms with Crippen molar-refractivity contribution in [2.24, 2.45) is 11.8 Å². The van der Waals surface area contributed by atoms with Gasteiger partial charge in [0.05, 0.1) is 25.3 Å². The molecule has 0 bridgehead atoms. The van der Waals surface area contributed by atoms with Crippen molar-refractivity contribution in [1.29, 1.82) is 0 Å². The minimum atomic E-state index is -3.44. The van der Waals surface area contributed by atoms with E-state index in [0.717, 1.165) is 51.4 Å². The van der Waals surface area contributed by atoms with Crippen LogP contribution in [0.15, 0.2) is 0 Å². The maximum atomic E-state index is 13.3. The molecule has 0 aromatic rings. The van der Waals surface area contributed by atoms with Gasteiger partial charge in [0, 0.05) is 0 Å². The van der Waals surface area contributed by atoms with Crippen LogP contribution in [0.2, 0.25) is 0 Å². The fraction of sp³-hybridized carbons (Fsp3) is 0.950. The lowest BCUT2D eigenvalue weighted by molar-refractivity contribution is -0.137. The predicted molar refractivity (Wildman–Crippen MR) is 108 cm³/mol. The third-order valence-corrected chi connectivity index (χ3v) is 7.36. The molecule has 3 unspecified atom stereocenters. The van der Waals surface area contributed by atoms with E-state index in [9.17, 15) is 9.36 Å². The normalized spacial score (nSPS) is 17.4. The van der Waals surface area contributed by atoms with Gasteiger partial charge in [-0.25, -0.2) is 0 Å². The van der Waals surface area contributed by atoms with Gasteiger partial charge >= 0.3 is 13.6 Å². The maximum absolute atomic E-state index is 13.3. The number of aliphatic carboxylic acids is 1. The summed E-state index contributed by atoms with van der Waals surface area (Å²) in [5.41, 5.74) is -0.632. The lowest BCUT2D eigenvalue weighted by Crippen LogP contribution is -2.19. The van der Waals surface area contributed by atoms with Crippen molar-refractivity contribution in [3.05, 3.63) is 0 Å². The van der Waals surface area contributed by atoms with Crippen LogP contribution in [0.3, 0.4) is 0 Å². The zero-order valence-corrected chi connectivity index (χ0v) is 18.4. The molecule has 0 spiro atoms. The molecule has 0 aliphatic carbocycles. The first-order valence-electron chi connectivity index (χ1n) is 10.4. The van der Waals surface area contributed by atoms with Crippen LogP contribution in [0.25, 0.3) is 0 Å². The summed E-state index contributed by atoms with van der Waals surface area (Å²) in [4.78, 5) is 11.1. The van der Waals surface area contributed by atoms with Crippen molar-refractivity contribution < 1.29 is 23.5 Å². The number of hydrogen-bond donors (Lipinski definition) is 1. The lowest BCUT2D eigenvalue weighted by atomic mass is 10.0. The Bertz CT molecular complexity index is 389. The van der Waals surface area contributed by atoms with Crippen LogP contribution in [0.4, 0.5) is 0 Å². The van der Waals surface area contributed by atoms with Crippen molar-refractivity contribution in [3.63, 3.8) is 0 Å². The van der Waals surface area contributed by atoms with Gasteiger partial charge < -0.3 is 14.2 Å².